The van der Waals surface area contributed by atoms with Crippen LogP contribution in [-0.4, -0.2) is 37.2 Å². The molecule has 0 spiro atoms. The van der Waals surface area contributed by atoms with E-state index in [-0.39, 0.29) is 31.1 Å². The van der Waals surface area contributed by atoms with Gasteiger partial charge in [0.05, 0.1) is 0 Å². The van der Waals surface area contributed by atoms with E-state index in [2.05, 4.69) is 69.4 Å². The minimum absolute atomic E-state index is 0.0953. The molecule has 0 amide bonds. The zero-order chi connectivity index (χ0) is 42.3. The van der Waals surface area contributed by atoms with E-state index >= 15 is 0 Å². The minimum Gasteiger partial charge on any atom is -0.462 e. The summed E-state index contributed by atoms with van der Waals surface area (Å²) >= 11 is 0. The molecule has 58 heavy (non-hydrogen) atoms. The lowest BCUT2D eigenvalue weighted by Gasteiger charge is -2.18. The summed E-state index contributed by atoms with van der Waals surface area (Å²) in [6.45, 7) is 6.46. The van der Waals surface area contributed by atoms with Crippen molar-refractivity contribution in [3.05, 3.63) is 48.6 Å². The van der Waals surface area contributed by atoms with Gasteiger partial charge in [-0.25, -0.2) is 0 Å². The van der Waals surface area contributed by atoms with Crippen molar-refractivity contribution in [2.45, 2.75) is 252 Å². The fourth-order valence-electron chi connectivity index (χ4n) is 6.88. The maximum Gasteiger partial charge on any atom is 0.306 e. The smallest absolute Gasteiger partial charge is 0.306 e. The van der Waals surface area contributed by atoms with Crippen molar-refractivity contribution < 1.29 is 28.6 Å². The molecule has 0 aliphatic heterocycles. The van der Waals surface area contributed by atoms with Gasteiger partial charge in [0.15, 0.2) is 6.10 Å². The van der Waals surface area contributed by atoms with Gasteiger partial charge >= 0.3 is 17.9 Å². The van der Waals surface area contributed by atoms with Crippen LogP contribution in [0.4, 0.5) is 0 Å². The number of esters is 3. The van der Waals surface area contributed by atoms with Gasteiger partial charge in [-0.05, 0) is 70.6 Å². The quantitative estimate of drug-likeness (QED) is 0.0200. The zero-order valence-corrected chi connectivity index (χ0v) is 38.3. The maximum absolute atomic E-state index is 12.7. The number of hydrogen-bond acceptors (Lipinski definition) is 6. The van der Waals surface area contributed by atoms with Gasteiger partial charge in [0, 0.05) is 19.3 Å². The van der Waals surface area contributed by atoms with Gasteiger partial charge in [0.1, 0.15) is 13.2 Å². The Labute approximate surface area is 358 Å². The highest BCUT2D eigenvalue weighted by atomic mass is 16.6. The Bertz CT molecular complexity index is 1030. The summed E-state index contributed by atoms with van der Waals surface area (Å²) in [5, 5.41) is 0. The number of ether oxygens (including phenoxy) is 3. The van der Waals surface area contributed by atoms with E-state index in [9.17, 15) is 14.4 Å². The molecule has 1 unspecified atom stereocenters. The summed E-state index contributed by atoms with van der Waals surface area (Å²) in [5.74, 6) is -0.952. The molecule has 0 rings (SSSR count). The molecule has 0 radical (unpaired) electrons. The van der Waals surface area contributed by atoms with E-state index in [4.69, 9.17) is 14.2 Å². The summed E-state index contributed by atoms with van der Waals surface area (Å²) in [4.78, 5) is 37.8. The fraction of sp³-hybridized carbons (Fsp3) is 0.788. The summed E-state index contributed by atoms with van der Waals surface area (Å²) in [6, 6.07) is 0. The monoisotopic (exact) mass is 813 g/mol. The Morgan fingerprint density at radius 3 is 1.19 bits per heavy atom. The van der Waals surface area contributed by atoms with Gasteiger partial charge in [-0.3, -0.25) is 14.4 Å². The summed E-state index contributed by atoms with van der Waals surface area (Å²) in [6.07, 6.45) is 55.4. The molecule has 336 valence electrons. The molecule has 0 saturated carbocycles. The average Bonchev–Trinajstić information content (AvgIpc) is 3.22. The Hall–Kier alpha value is -2.63. The molecule has 6 nitrogen and oxygen atoms in total. The van der Waals surface area contributed by atoms with Crippen molar-refractivity contribution in [3.63, 3.8) is 0 Å². The molecule has 0 aromatic heterocycles. The van der Waals surface area contributed by atoms with Crippen molar-refractivity contribution in [3.8, 4) is 0 Å². The molecule has 0 aromatic carbocycles. The number of allylic oxidation sites excluding steroid dienone is 8. The lowest BCUT2D eigenvalue weighted by molar-refractivity contribution is -0.167. The second-order valence-corrected chi connectivity index (χ2v) is 16.4. The molecule has 0 heterocycles. The van der Waals surface area contributed by atoms with Crippen molar-refractivity contribution in [1.29, 1.82) is 0 Å². The van der Waals surface area contributed by atoms with Crippen LogP contribution in [0, 0.1) is 0 Å². The topological polar surface area (TPSA) is 78.9 Å². The molecule has 0 saturated heterocycles. The van der Waals surface area contributed by atoms with E-state index in [1.165, 1.54) is 122 Å². The van der Waals surface area contributed by atoms with Gasteiger partial charge in [0.2, 0.25) is 0 Å². The molecule has 0 aromatic rings. The largest absolute Gasteiger partial charge is 0.462 e. The molecule has 0 bridgehead atoms. The molecule has 1 atom stereocenters. The first-order valence-electron chi connectivity index (χ1n) is 24.7. The summed E-state index contributed by atoms with van der Waals surface area (Å²) in [5.41, 5.74) is 0. The van der Waals surface area contributed by atoms with Gasteiger partial charge in [-0.1, -0.05) is 204 Å². The third kappa shape index (κ3) is 44.5. The Morgan fingerprint density at radius 2 is 0.724 bits per heavy atom. The fourth-order valence-corrected chi connectivity index (χ4v) is 6.88. The van der Waals surface area contributed by atoms with Crippen LogP contribution >= 0.6 is 0 Å². The van der Waals surface area contributed by atoms with E-state index in [0.717, 1.165) is 83.5 Å². The van der Waals surface area contributed by atoms with Crippen LogP contribution in [0.1, 0.15) is 245 Å². The number of unbranched alkanes of at least 4 members (excludes halogenated alkanes) is 26. The van der Waals surface area contributed by atoms with Gasteiger partial charge in [-0.2, -0.15) is 0 Å². The second kappa shape index (κ2) is 47.1. The molecular weight excluding hydrogens is 721 g/mol. The molecular formula is C52H92O6. The minimum atomic E-state index is -0.792. The Balaban J connectivity index is 4.38. The summed E-state index contributed by atoms with van der Waals surface area (Å²) in [7, 11) is 0. The van der Waals surface area contributed by atoms with Crippen LogP contribution in [0.25, 0.3) is 0 Å². The lowest BCUT2D eigenvalue weighted by atomic mass is 10.0. The van der Waals surface area contributed by atoms with Crippen LogP contribution < -0.4 is 0 Å². The van der Waals surface area contributed by atoms with Crippen molar-refractivity contribution in [2.24, 2.45) is 0 Å². The lowest BCUT2D eigenvalue weighted by Crippen LogP contribution is -2.30. The van der Waals surface area contributed by atoms with E-state index in [1.807, 2.05) is 0 Å². The Kier molecular flexibility index (Phi) is 44.9. The first-order valence-corrected chi connectivity index (χ1v) is 24.7. The highest BCUT2D eigenvalue weighted by molar-refractivity contribution is 5.71. The summed E-state index contributed by atoms with van der Waals surface area (Å²) < 4.78 is 16.7. The van der Waals surface area contributed by atoms with Gasteiger partial charge < -0.3 is 14.2 Å². The van der Waals surface area contributed by atoms with Crippen molar-refractivity contribution in [2.75, 3.05) is 13.2 Å². The molecule has 6 heteroatoms. The molecule has 0 aliphatic carbocycles. The Morgan fingerprint density at radius 1 is 0.379 bits per heavy atom. The van der Waals surface area contributed by atoms with Gasteiger partial charge in [-0.15, -0.1) is 0 Å². The van der Waals surface area contributed by atoms with E-state index in [0.29, 0.717) is 19.3 Å². The molecule has 0 fully saturated rings. The normalized spacial score (nSPS) is 12.4. The first kappa shape index (κ1) is 55.4. The van der Waals surface area contributed by atoms with E-state index in [1.54, 1.807) is 0 Å². The first-order chi connectivity index (χ1) is 28.5. The number of carbonyl (C=O) groups excluding carboxylic acids is 3. The molecule has 0 aliphatic rings. The number of rotatable bonds is 44. The standard InChI is InChI=1S/C52H92O6/c1-4-7-10-13-16-19-21-23-25-27-28-30-33-36-39-42-45-51(54)57-48-49(47-56-50(53)44-41-38-35-32-18-15-12-9-6-3)58-52(55)46-43-40-37-34-31-29-26-24-22-20-17-14-11-8-5-2/h9,12,18,25,27-28,30,32,49H,4-8,10-11,13-17,19-24,26,29,31,33-48H2,1-3H3/b12-9-,27-25-,30-28-,32-18-. The third-order valence-electron chi connectivity index (χ3n) is 10.6. The third-order valence-corrected chi connectivity index (χ3v) is 10.6. The van der Waals surface area contributed by atoms with Crippen LogP contribution in [-0.2, 0) is 28.6 Å². The maximum atomic E-state index is 12.7. The van der Waals surface area contributed by atoms with Gasteiger partial charge in [0.25, 0.3) is 0 Å². The predicted octanol–water partition coefficient (Wildman–Crippen LogP) is 15.9. The predicted molar refractivity (Wildman–Crippen MR) is 247 cm³/mol. The second-order valence-electron chi connectivity index (χ2n) is 16.4. The number of carbonyl (C=O) groups is 3. The van der Waals surface area contributed by atoms with Crippen LogP contribution in [0.3, 0.4) is 0 Å². The van der Waals surface area contributed by atoms with Crippen LogP contribution in [0.15, 0.2) is 48.6 Å². The molecule has 0 N–H and O–H groups in total. The van der Waals surface area contributed by atoms with Crippen LogP contribution in [0.2, 0.25) is 0 Å². The SMILES string of the molecule is CC/C=C\C/C=C\CCCCC(=O)OCC(COC(=O)CCCCC/C=C\C=C/CCCCCCCCC)OC(=O)CCCCCCCCCCCCCCCCC. The zero-order valence-electron chi connectivity index (χ0n) is 38.3. The average molecular weight is 813 g/mol. The van der Waals surface area contributed by atoms with Crippen molar-refractivity contribution in [1.82, 2.24) is 0 Å². The highest BCUT2D eigenvalue weighted by Gasteiger charge is 2.19. The van der Waals surface area contributed by atoms with Crippen LogP contribution in [0.5, 0.6) is 0 Å². The number of hydrogen-bond donors (Lipinski definition) is 0. The van der Waals surface area contributed by atoms with E-state index < -0.39 is 6.10 Å². The highest BCUT2D eigenvalue weighted by Crippen LogP contribution is 2.15. The van der Waals surface area contributed by atoms with Crippen molar-refractivity contribution >= 4 is 17.9 Å².